The van der Waals surface area contributed by atoms with Crippen LogP contribution in [0.5, 0.6) is 0 Å². The van der Waals surface area contributed by atoms with E-state index in [1.54, 1.807) is 24.3 Å². The molecule has 8 nitrogen and oxygen atoms in total. The van der Waals surface area contributed by atoms with Crippen LogP contribution in [0, 0.1) is 0 Å². The van der Waals surface area contributed by atoms with Crippen molar-refractivity contribution in [3.8, 4) is 0 Å². The van der Waals surface area contributed by atoms with Crippen LogP contribution in [0.4, 0.5) is 5.69 Å². The van der Waals surface area contributed by atoms with E-state index < -0.39 is 5.97 Å². The third kappa shape index (κ3) is 15.8. The van der Waals surface area contributed by atoms with Crippen molar-refractivity contribution < 1.29 is 28.8 Å². The average Bonchev–Trinajstić information content (AvgIpc) is 2.66. The molecule has 0 saturated carbocycles. The second-order valence-corrected chi connectivity index (χ2v) is 6.09. The molecule has 1 aromatic carbocycles. The fraction of sp³-hybridized carbons (Fsp3) is 0.600. The predicted molar refractivity (Wildman–Crippen MR) is 118 cm³/mol. The van der Waals surface area contributed by atoms with Gasteiger partial charge < -0.3 is 34.7 Å². The summed E-state index contributed by atoms with van der Waals surface area (Å²) in [5.41, 5.74) is 1.54. The van der Waals surface area contributed by atoms with E-state index >= 15 is 0 Å². The van der Waals surface area contributed by atoms with Crippen LogP contribution < -0.4 is 10.6 Å². The van der Waals surface area contributed by atoms with E-state index in [-0.39, 0.29) is 13.8 Å². The number of aliphatic carboxylic acids is 1. The molecule has 0 heterocycles. The number of rotatable bonds is 16. The van der Waals surface area contributed by atoms with Gasteiger partial charge in [-0.25, -0.2) is 0 Å². The minimum absolute atomic E-state index is 0. The topological polar surface area (TPSA) is 98.3 Å². The third-order valence-electron chi connectivity index (χ3n) is 3.42. The van der Waals surface area contributed by atoms with Crippen molar-refractivity contribution in [2.75, 3.05) is 64.7 Å². The molecule has 0 aliphatic heterocycles. The third-order valence-corrected chi connectivity index (χ3v) is 3.67. The summed E-state index contributed by atoms with van der Waals surface area (Å²) in [5, 5.41) is 15.3. The quantitative estimate of drug-likeness (QED) is 0.270. The summed E-state index contributed by atoms with van der Waals surface area (Å²) in [6.07, 6.45) is 0.00493. The van der Waals surface area contributed by atoms with E-state index in [0.717, 1.165) is 11.3 Å². The molecule has 0 aliphatic rings. The molecule has 0 aliphatic carbocycles. The maximum Gasteiger partial charge on any atom is 0.307 e. The van der Waals surface area contributed by atoms with Crippen LogP contribution in [0.15, 0.2) is 24.3 Å². The van der Waals surface area contributed by atoms with Gasteiger partial charge in [-0.05, 0) is 36.8 Å². The lowest BCUT2D eigenvalue weighted by Gasteiger charge is -2.11. The molecule has 0 aromatic heterocycles. The number of carbonyl (C=O) groups is 1. The molecular formula is C20H34N2O6S. The van der Waals surface area contributed by atoms with Gasteiger partial charge in [0.05, 0.1) is 52.7 Å². The first kappa shape index (κ1) is 27.2. The van der Waals surface area contributed by atoms with Gasteiger partial charge in [0.2, 0.25) is 0 Å². The van der Waals surface area contributed by atoms with Crippen molar-refractivity contribution in [1.29, 1.82) is 0 Å². The maximum atomic E-state index is 10.7. The minimum atomic E-state index is -0.853. The molecule has 0 saturated heterocycles. The molecule has 0 atom stereocenters. The number of benzene rings is 1. The van der Waals surface area contributed by atoms with E-state index in [0.29, 0.717) is 64.5 Å². The molecule has 0 amide bonds. The predicted octanol–water partition coefficient (Wildman–Crippen LogP) is 2.32. The molecular weight excluding hydrogens is 396 g/mol. The number of nitrogens with one attached hydrogen (secondary N) is 2. The molecule has 0 fully saturated rings. The number of ether oxygens (including phenoxy) is 4. The van der Waals surface area contributed by atoms with Crippen LogP contribution in [-0.4, -0.2) is 75.6 Å². The molecule has 1 aromatic rings. The van der Waals surface area contributed by atoms with Gasteiger partial charge in [0.25, 0.3) is 0 Å². The summed E-state index contributed by atoms with van der Waals surface area (Å²) < 4.78 is 21.3. The maximum absolute atomic E-state index is 10.7. The van der Waals surface area contributed by atoms with E-state index in [4.69, 9.17) is 36.3 Å². The number of carboxylic acid groups (broad SMARTS) is 1. The lowest BCUT2D eigenvalue weighted by molar-refractivity contribution is -0.136. The number of hydrogen-bond acceptors (Lipinski definition) is 6. The zero-order chi connectivity index (χ0) is 20.5. The standard InChI is InChI=1S/C19H30N2O6S.CH4/c1-2-24-9-10-26-13-14-27-12-11-25-8-7-20-19(28)21-17-5-3-16(4-6-17)15-18(22)23;/h3-6H,2,7-15H2,1H3,(H,22,23)(H2,20,21,28);1H4. The highest BCUT2D eigenvalue weighted by Gasteiger charge is 2.01. The van der Waals surface area contributed by atoms with Gasteiger partial charge in [-0.1, -0.05) is 19.6 Å². The highest BCUT2D eigenvalue weighted by molar-refractivity contribution is 7.80. The first-order valence-corrected chi connectivity index (χ1v) is 9.69. The largest absolute Gasteiger partial charge is 0.481 e. The van der Waals surface area contributed by atoms with Gasteiger partial charge in [0.15, 0.2) is 5.11 Å². The number of hydrogen-bond donors (Lipinski definition) is 3. The number of thiocarbonyl (C=S) groups is 1. The van der Waals surface area contributed by atoms with Crippen LogP contribution in [0.1, 0.15) is 19.9 Å². The van der Waals surface area contributed by atoms with Gasteiger partial charge >= 0.3 is 5.97 Å². The molecule has 3 N–H and O–H groups in total. The Balaban J connectivity index is 0.00000784. The molecule has 0 radical (unpaired) electrons. The van der Waals surface area contributed by atoms with Crippen LogP contribution in [0.25, 0.3) is 0 Å². The zero-order valence-electron chi connectivity index (χ0n) is 16.3. The van der Waals surface area contributed by atoms with Crippen molar-refractivity contribution in [1.82, 2.24) is 5.32 Å². The Morgan fingerprint density at radius 3 is 1.97 bits per heavy atom. The lowest BCUT2D eigenvalue weighted by atomic mass is 10.1. The Morgan fingerprint density at radius 2 is 1.45 bits per heavy atom. The number of anilines is 1. The summed E-state index contributed by atoms with van der Waals surface area (Å²) >= 11 is 5.21. The molecule has 0 spiro atoms. The Morgan fingerprint density at radius 1 is 0.931 bits per heavy atom. The van der Waals surface area contributed by atoms with Gasteiger partial charge in [-0.2, -0.15) is 0 Å². The Hall–Kier alpha value is -1.78. The second kappa shape index (κ2) is 18.3. The Kier molecular flexibility index (Phi) is 17.1. The Labute approximate surface area is 178 Å². The smallest absolute Gasteiger partial charge is 0.307 e. The summed E-state index contributed by atoms with van der Waals surface area (Å²) in [4.78, 5) is 10.7. The fourth-order valence-electron chi connectivity index (χ4n) is 2.10. The highest BCUT2D eigenvalue weighted by atomic mass is 32.1. The average molecular weight is 431 g/mol. The molecule has 166 valence electrons. The van der Waals surface area contributed by atoms with Crippen molar-refractivity contribution in [3.63, 3.8) is 0 Å². The summed E-state index contributed by atoms with van der Waals surface area (Å²) in [7, 11) is 0. The van der Waals surface area contributed by atoms with Crippen LogP contribution in [0.3, 0.4) is 0 Å². The summed E-state index contributed by atoms with van der Waals surface area (Å²) in [6.45, 7) is 7.03. The van der Waals surface area contributed by atoms with Gasteiger partial charge in [0.1, 0.15) is 0 Å². The van der Waals surface area contributed by atoms with Crippen LogP contribution in [-0.2, 0) is 30.2 Å². The van der Waals surface area contributed by atoms with E-state index in [1.165, 1.54) is 0 Å². The minimum Gasteiger partial charge on any atom is -0.481 e. The second-order valence-electron chi connectivity index (χ2n) is 5.68. The molecule has 29 heavy (non-hydrogen) atoms. The van der Waals surface area contributed by atoms with E-state index in [1.807, 2.05) is 6.92 Å². The van der Waals surface area contributed by atoms with Gasteiger partial charge in [-0.15, -0.1) is 0 Å². The normalized spacial score (nSPS) is 10.2. The van der Waals surface area contributed by atoms with Gasteiger partial charge in [0, 0.05) is 18.8 Å². The lowest BCUT2D eigenvalue weighted by Crippen LogP contribution is -2.31. The highest BCUT2D eigenvalue weighted by Crippen LogP contribution is 2.09. The number of carboxylic acids is 1. The first-order chi connectivity index (χ1) is 13.6. The van der Waals surface area contributed by atoms with Crippen molar-refractivity contribution in [3.05, 3.63) is 29.8 Å². The van der Waals surface area contributed by atoms with Crippen LogP contribution in [0.2, 0.25) is 0 Å². The first-order valence-electron chi connectivity index (χ1n) is 9.28. The van der Waals surface area contributed by atoms with E-state index in [9.17, 15) is 4.79 Å². The van der Waals surface area contributed by atoms with Crippen molar-refractivity contribution in [2.24, 2.45) is 0 Å². The van der Waals surface area contributed by atoms with Crippen molar-refractivity contribution >= 4 is 29.0 Å². The molecule has 0 unspecified atom stereocenters. The van der Waals surface area contributed by atoms with Crippen molar-refractivity contribution in [2.45, 2.75) is 20.8 Å². The molecule has 0 bridgehead atoms. The SMILES string of the molecule is C.CCOCCOCCOCCOCCNC(=S)Nc1ccc(CC(=O)O)cc1. The molecule has 1 rings (SSSR count). The summed E-state index contributed by atoms with van der Waals surface area (Å²) in [5.74, 6) is -0.853. The van der Waals surface area contributed by atoms with Crippen LogP contribution >= 0.6 is 12.2 Å². The van der Waals surface area contributed by atoms with Gasteiger partial charge in [-0.3, -0.25) is 4.79 Å². The zero-order valence-corrected chi connectivity index (χ0v) is 17.1. The summed E-state index contributed by atoms with van der Waals surface area (Å²) in [6, 6.07) is 7.10. The Bertz CT molecular complexity index is 556. The fourth-order valence-corrected chi connectivity index (χ4v) is 2.32. The monoisotopic (exact) mass is 430 g/mol. The van der Waals surface area contributed by atoms with E-state index in [2.05, 4.69) is 10.6 Å². The molecule has 9 heteroatoms.